The van der Waals surface area contributed by atoms with E-state index in [0.717, 1.165) is 19.3 Å². The Kier molecular flexibility index (Phi) is 5.66. The molecule has 2 heterocycles. The zero-order valence-electron chi connectivity index (χ0n) is 15.3. The summed E-state index contributed by atoms with van der Waals surface area (Å²) in [7, 11) is 1.57. The van der Waals surface area contributed by atoms with Gasteiger partial charge in [-0.15, -0.1) is 0 Å². The molecule has 1 unspecified atom stereocenters. The number of nitrogens with one attached hydrogen (secondary N) is 1. The monoisotopic (exact) mass is 370 g/mol. The zero-order valence-corrected chi connectivity index (χ0v) is 15.3. The van der Waals surface area contributed by atoms with Gasteiger partial charge in [-0.1, -0.05) is 23.8 Å². The van der Waals surface area contributed by atoms with Crippen LogP contribution in [0.2, 0.25) is 0 Å². The van der Waals surface area contributed by atoms with Crippen molar-refractivity contribution in [2.24, 2.45) is 4.99 Å². The Bertz CT molecular complexity index is 803. The van der Waals surface area contributed by atoms with Crippen LogP contribution < -0.4 is 5.59 Å². The van der Waals surface area contributed by atoms with Gasteiger partial charge >= 0.3 is 5.97 Å². The molecule has 27 heavy (non-hydrogen) atoms. The lowest BCUT2D eigenvalue weighted by atomic mass is 10.0. The summed E-state index contributed by atoms with van der Waals surface area (Å²) in [5, 5.41) is 1.33. The Morgan fingerprint density at radius 3 is 2.63 bits per heavy atom. The fourth-order valence-electron chi connectivity index (χ4n) is 3.08. The van der Waals surface area contributed by atoms with Crippen LogP contribution in [-0.4, -0.2) is 53.0 Å². The van der Waals surface area contributed by atoms with Gasteiger partial charge in [0.05, 0.1) is 0 Å². The first kappa shape index (κ1) is 18.8. The molecule has 0 spiro atoms. The van der Waals surface area contributed by atoms with Crippen molar-refractivity contribution in [1.82, 2.24) is 15.5 Å². The number of hydrazine groups is 1. The van der Waals surface area contributed by atoms with E-state index in [-0.39, 0.29) is 23.4 Å². The second-order valence-electron chi connectivity index (χ2n) is 6.58. The van der Waals surface area contributed by atoms with Crippen molar-refractivity contribution in [3.8, 4) is 0 Å². The summed E-state index contributed by atoms with van der Waals surface area (Å²) in [5.74, 6) is -1.55. The molecular formula is C19H22N4O4. The molecule has 2 aliphatic heterocycles. The highest BCUT2D eigenvalue weighted by atomic mass is 16.7. The normalized spacial score (nSPS) is 22.1. The first-order chi connectivity index (χ1) is 13.0. The quantitative estimate of drug-likeness (QED) is 0.640. The number of piperidine rings is 1. The summed E-state index contributed by atoms with van der Waals surface area (Å²) in [6.07, 6.45) is 4.15. The Morgan fingerprint density at radius 2 is 2.00 bits per heavy atom. The summed E-state index contributed by atoms with van der Waals surface area (Å²) in [4.78, 5) is 47.9. The fraction of sp³-hybridized carbons (Fsp3) is 0.368. The summed E-state index contributed by atoms with van der Waals surface area (Å²) >= 11 is 0. The topological polar surface area (TPSA) is 91.3 Å². The van der Waals surface area contributed by atoms with Gasteiger partial charge < -0.3 is 9.74 Å². The maximum absolute atomic E-state index is 13.1. The number of nitrogens with zero attached hydrogens (tertiary/aromatic N) is 3. The van der Waals surface area contributed by atoms with Crippen molar-refractivity contribution in [1.29, 1.82) is 0 Å². The van der Waals surface area contributed by atoms with Gasteiger partial charge in [-0.05, 0) is 38.3 Å². The van der Waals surface area contributed by atoms with Crippen molar-refractivity contribution < 1.29 is 19.2 Å². The van der Waals surface area contributed by atoms with Gasteiger partial charge in [0.25, 0.3) is 11.8 Å². The molecule has 2 saturated heterocycles. The second-order valence-corrected chi connectivity index (χ2v) is 6.58. The van der Waals surface area contributed by atoms with Crippen LogP contribution in [0.3, 0.4) is 0 Å². The predicted molar refractivity (Wildman–Crippen MR) is 98.3 cm³/mol. The molecule has 0 bridgehead atoms. The molecule has 2 aliphatic rings. The van der Waals surface area contributed by atoms with E-state index in [1.54, 1.807) is 42.3 Å². The van der Waals surface area contributed by atoms with Crippen molar-refractivity contribution >= 4 is 23.5 Å². The Balaban J connectivity index is 1.97. The van der Waals surface area contributed by atoms with Crippen LogP contribution in [0.25, 0.3) is 0 Å². The number of carbonyl (C=O) groups is 3. The smallest absolute Gasteiger partial charge is 0.345 e. The molecule has 0 aliphatic carbocycles. The van der Waals surface area contributed by atoms with Crippen molar-refractivity contribution in [3.05, 3.63) is 47.7 Å². The van der Waals surface area contributed by atoms with Gasteiger partial charge in [0.2, 0.25) is 0 Å². The molecule has 0 saturated carbocycles. The predicted octanol–water partition coefficient (Wildman–Crippen LogP) is 1.46. The van der Waals surface area contributed by atoms with Crippen LogP contribution in [0.4, 0.5) is 0 Å². The van der Waals surface area contributed by atoms with E-state index in [1.807, 2.05) is 6.92 Å². The lowest BCUT2D eigenvalue weighted by molar-refractivity contribution is -0.142. The first-order valence-corrected chi connectivity index (χ1v) is 8.88. The molecule has 1 atom stereocenters. The number of hydrogen-bond donors (Lipinski definition) is 1. The summed E-state index contributed by atoms with van der Waals surface area (Å²) in [5.41, 5.74) is 2.78. The van der Waals surface area contributed by atoms with Gasteiger partial charge in [-0.25, -0.2) is 9.79 Å². The molecule has 1 N–H and O–H groups in total. The Labute approximate surface area is 157 Å². The van der Waals surface area contributed by atoms with Crippen LogP contribution in [0.1, 0.15) is 36.5 Å². The maximum Gasteiger partial charge on any atom is 0.376 e. The minimum absolute atomic E-state index is 0.0491. The first-order valence-electron chi connectivity index (χ1n) is 8.88. The number of amides is 2. The van der Waals surface area contributed by atoms with Gasteiger partial charge in [0.1, 0.15) is 11.4 Å². The van der Waals surface area contributed by atoms with Gasteiger partial charge in [0, 0.05) is 31.3 Å². The minimum Gasteiger partial charge on any atom is -0.345 e. The number of aliphatic imine (C=N–C) groups is 1. The van der Waals surface area contributed by atoms with Crippen LogP contribution in [0, 0.1) is 0 Å². The SMILES string of the molecule is CC1CCCCN1C(=O)C(/C=C1/C(=O)ONN1C)=NC(=O)c1ccccc1. The van der Waals surface area contributed by atoms with E-state index in [4.69, 9.17) is 4.84 Å². The lowest BCUT2D eigenvalue weighted by Gasteiger charge is -2.33. The largest absolute Gasteiger partial charge is 0.376 e. The van der Waals surface area contributed by atoms with Gasteiger partial charge in [0.15, 0.2) is 0 Å². The Morgan fingerprint density at radius 1 is 1.26 bits per heavy atom. The van der Waals surface area contributed by atoms with Gasteiger partial charge in [-0.3, -0.25) is 14.6 Å². The zero-order chi connectivity index (χ0) is 19.4. The molecule has 8 heteroatoms. The molecule has 2 amide bonds. The van der Waals surface area contributed by atoms with Crippen molar-refractivity contribution in [2.75, 3.05) is 13.6 Å². The molecule has 0 radical (unpaired) electrons. The molecule has 1 aromatic rings. The molecule has 2 fully saturated rings. The van der Waals surface area contributed by atoms with E-state index in [9.17, 15) is 14.4 Å². The molecule has 1 aromatic carbocycles. The van der Waals surface area contributed by atoms with E-state index in [1.165, 1.54) is 11.1 Å². The van der Waals surface area contributed by atoms with E-state index >= 15 is 0 Å². The third kappa shape index (κ3) is 4.22. The molecule has 3 rings (SSSR count). The summed E-state index contributed by atoms with van der Waals surface area (Å²) in [6.45, 7) is 2.57. The fourth-order valence-corrected chi connectivity index (χ4v) is 3.08. The number of benzene rings is 1. The van der Waals surface area contributed by atoms with E-state index in [2.05, 4.69) is 10.6 Å². The van der Waals surface area contributed by atoms with Crippen LogP contribution in [-0.2, 0) is 14.4 Å². The molecule has 142 valence electrons. The number of likely N-dealkylation sites (tertiary alicyclic amines) is 1. The third-order valence-electron chi connectivity index (χ3n) is 4.64. The Hall–Kier alpha value is -3.00. The lowest BCUT2D eigenvalue weighted by Crippen LogP contribution is -2.45. The summed E-state index contributed by atoms with van der Waals surface area (Å²) in [6, 6.07) is 8.54. The highest BCUT2D eigenvalue weighted by molar-refractivity contribution is 6.45. The van der Waals surface area contributed by atoms with Crippen LogP contribution in [0.15, 0.2) is 47.1 Å². The second kappa shape index (κ2) is 8.13. The van der Waals surface area contributed by atoms with Crippen molar-refractivity contribution in [2.45, 2.75) is 32.2 Å². The maximum atomic E-state index is 13.1. The highest BCUT2D eigenvalue weighted by Gasteiger charge is 2.30. The minimum atomic E-state index is -0.642. The highest BCUT2D eigenvalue weighted by Crippen LogP contribution is 2.18. The van der Waals surface area contributed by atoms with Gasteiger partial charge in [-0.2, -0.15) is 0 Å². The number of hydrogen-bond acceptors (Lipinski definition) is 6. The van der Waals surface area contributed by atoms with Crippen LogP contribution in [0.5, 0.6) is 0 Å². The third-order valence-corrected chi connectivity index (χ3v) is 4.64. The molecule has 8 nitrogen and oxygen atoms in total. The van der Waals surface area contributed by atoms with E-state index < -0.39 is 11.9 Å². The molecular weight excluding hydrogens is 348 g/mol. The van der Waals surface area contributed by atoms with E-state index in [0.29, 0.717) is 12.1 Å². The molecule has 0 aromatic heterocycles. The van der Waals surface area contributed by atoms with Crippen LogP contribution >= 0.6 is 0 Å². The van der Waals surface area contributed by atoms with Crippen molar-refractivity contribution in [3.63, 3.8) is 0 Å². The number of likely N-dealkylation sites (N-methyl/N-ethyl adjacent to an activating group) is 1. The average Bonchev–Trinajstić information content (AvgIpc) is 3.00. The standard InChI is InChI=1S/C19H22N4O4/c1-13-8-6-7-11-23(13)18(25)15(12-16-19(26)27-21-22(16)2)20-17(24)14-9-4-3-5-10-14/h3-5,9-10,12-13,21H,6-8,11H2,1-2H3/b16-12-,20-15?. The average molecular weight is 370 g/mol. The summed E-state index contributed by atoms with van der Waals surface area (Å²) < 4.78 is 0. The number of carbonyl (C=O) groups excluding carboxylic acids is 3. The number of rotatable bonds is 3.